The Hall–Kier alpha value is -4.67. The number of imidazole rings is 1. The number of benzene rings is 2. The summed E-state index contributed by atoms with van der Waals surface area (Å²) in [6.07, 6.45) is 5.02. The highest BCUT2D eigenvalue weighted by molar-refractivity contribution is 6.33. The molecule has 10 nitrogen and oxygen atoms in total. The number of hydrogen-bond donors (Lipinski definition) is 1. The van der Waals surface area contributed by atoms with Gasteiger partial charge in [-0.25, -0.2) is 4.98 Å². The van der Waals surface area contributed by atoms with E-state index >= 15 is 0 Å². The SMILES string of the molecule is COc1ccc(CN(c2nc(Nc3cc(C#N)c(CCC=O)cc3Cl)nn3c(C#N)cnc23)C2CC2)cc1. The lowest BCUT2D eigenvalue weighted by Gasteiger charge is -2.24. The molecule has 0 atom stereocenters. The summed E-state index contributed by atoms with van der Waals surface area (Å²) in [7, 11) is 1.63. The molecule has 0 bridgehead atoms. The van der Waals surface area contributed by atoms with Crippen LogP contribution in [-0.2, 0) is 17.8 Å². The van der Waals surface area contributed by atoms with E-state index in [0.29, 0.717) is 52.7 Å². The Labute approximate surface area is 224 Å². The van der Waals surface area contributed by atoms with Crippen LogP contribution in [0.25, 0.3) is 5.65 Å². The number of aryl methyl sites for hydroxylation is 1. The second kappa shape index (κ2) is 10.8. The van der Waals surface area contributed by atoms with Crippen LogP contribution in [0.15, 0.2) is 42.6 Å². The van der Waals surface area contributed by atoms with Crippen molar-refractivity contribution in [3.05, 3.63) is 70.0 Å². The van der Waals surface area contributed by atoms with Crippen LogP contribution in [0.5, 0.6) is 5.75 Å². The molecular weight excluding hydrogens is 504 g/mol. The fraction of sp³-hybridized carbons (Fsp3) is 0.259. The molecule has 1 aliphatic carbocycles. The molecule has 1 fully saturated rings. The zero-order valence-corrected chi connectivity index (χ0v) is 21.3. The van der Waals surface area contributed by atoms with Crippen molar-refractivity contribution in [2.24, 2.45) is 0 Å². The number of methoxy groups -OCH3 is 1. The largest absolute Gasteiger partial charge is 0.497 e. The van der Waals surface area contributed by atoms with Crippen LogP contribution < -0.4 is 15.0 Å². The standard InChI is InChI=1S/C27H23ClN8O2/c1-38-22-8-4-17(5-9-22)16-35(20-6-7-20)26-25-31-15-21(14-30)36(25)34-27(33-26)32-24-12-19(13-29)18(3-2-10-37)11-23(24)28/h4-5,8-12,15,20H,2-3,6-7,16H2,1H3,(H,32,34). The first-order valence-electron chi connectivity index (χ1n) is 12.0. The number of rotatable bonds is 10. The predicted molar refractivity (Wildman–Crippen MR) is 142 cm³/mol. The number of aromatic nitrogens is 4. The number of nitrogens with zero attached hydrogens (tertiary/aromatic N) is 7. The minimum Gasteiger partial charge on any atom is -0.497 e. The van der Waals surface area contributed by atoms with E-state index in [1.165, 1.54) is 10.7 Å². The summed E-state index contributed by atoms with van der Waals surface area (Å²) in [6, 6.07) is 15.7. The number of aldehydes is 1. The highest BCUT2D eigenvalue weighted by atomic mass is 35.5. The van der Waals surface area contributed by atoms with Gasteiger partial charge in [0.05, 0.1) is 35.6 Å². The number of ether oxygens (including phenoxy) is 1. The lowest BCUT2D eigenvalue weighted by Crippen LogP contribution is -2.27. The topological polar surface area (TPSA) is 132 Å². The van der Waals surface area contributed by atoms with Crippen molar-refractivity contribution in [3.8, 4) is 17.9 Å². The second-order valence-electron chi connectivity index (χ2n) is 8.89. The fourth-order valence-electron chi connectivity index (χ4n) is 4.24. The highest BCUT2D eigenvalue weighted by Crippen LogP contribution is 2.35. The zero-order chi connectivity index (χ0) is 26.6. The van der Waals surface area contributed by atoms with E-state index in [-0.39, 0.29) is 17.7 Å². The zero-order valence-electron chi connectivity index (χ0n) is 20.6. The Balaban J connectivity index is 1.55. The normalized spacial score (nSPS) is 12.5. The van der Waals surface area contributed by atoms with Gasteiger partial charge in [0.15, 0.2) is 17.2 Å². The number of nitriles is 2. The molecule has 0 radical (unpaired) electrons. The molecule has 0 aliphatic heterocycles. The van der Waals surface area contributed by atoms with Crippen LogP contribution in [0, 0.1) is 22.7 Å². The van der Waals surface area contributed by atoms with E-state index in [4.69, 9.17) is 21.3 Å². The van der Waals surface area contributed by atoms with E-state index in [2.05, 4.69) is 32.4 Å². The maximum Gasteiger partial charge on any atom is 0.247 e. The highest BCUT2D eigenvalue weighted by Gasteiger charge is 2.33. The van der Waals surface area contributed by atoms with E-state index in [0.717, 1.165) is 30.4 Å². The molecule has 2 heterocycles. The van der Waals surface area contributed by atoms with Crippen molar-refractivity contribution in [2.45, 2.75) is 38.3 Å². The van der Waals surface area contributed by atoms with Crippen molar-refractivity contribution in [1.29, 1.82) is 10.5 Å². The third-order valence-corrected chi connectivity index (χ3v) is 6.63. The van der Waals surface area contributed by atoms with Crippen molar-refractivity contribution in [1.82, 2.24) is 19.6 Å². The smallest absolute Gasteiger partial charge is 0.247 e. The minimum absolute atomic E-state index is 0.203. The Kier molecular flexibility index (Phi) is 7.07. The third-order valence-electron chi connectivity index (χ3n) is 6.32. The fourth-order valence-corrected chi connectivity index (χ4v) is 4.47. The maximum absolute atomic E-state index is 10.8. The molecule has 2 aromatic carbocycles. The van der Waals surface area contributed by atoms with E-state index in [1.807, 2.05) is 24.3 Å². The van der Waals surface area contributed by atoms with E-state index < -0.39 is 0 Å². The summed E-state index contributed by atoms with van der Waals surface area (Å²) in [5.41, 5.74) is 3.34. The minimum atomic E-state index is 0.203. The molecule has 0 unspecified atom stereocenters. The van der Waals surface area contributed by atoms with Crippen LogP contribution >= 0.6 is 11.6 Å². The molecule has 190 valence electrons. The van der Waals surface area contributed by atoms with Gasteiger partial charge in [0.2, 0.25) is 5.95 Å². The Morgan fingerprint density at radius 1 is 1.24 bits per heavy atom. The molecule has 1 N–H and O–H groups in total. The van der Waals surface area contributed by atoms with E-state index in [1.54, 1.807) is 19.2 Å². The van der Waals surface area contributed by atoms with Gasteiger partial charge in [0.25, 0.3) is 0 Å². The van der Waals surface area contributed by atoms with E-state index in [9.17, 15) is 15.3 Å². The summed E-state index contributed by atoms with van der Waals surface area (Å²) >= 11 is 6.53. The number of fused-ring (bicyclic) bond motifs is 1. The van der Waals surface area contributed by atoms with Crippen LogP contribution in [0.2, 0.25) is 5.02 Å². The first kappa shape index (κ1) is 25.0. The molecule has 4 aromatic rings. The number of halogens is 1. The van der Waals surface area contributed by atoms with Gasteiger partial charge in [-0.05, 0) is 54.7 Å². The number of nitrogens with one attached hydrogen (secondary N) is 1. The molecule has 0 amide bonds. The van der Waals surface area contributed by atoms with Gasteiger partial charge >= 0.3 is 0 Å². The molecule has 11 heteroatoms. The number of anilines is 3. The van der Waals surface area contributed by atoms with Crippen LogP contribution in [-0.4, -0.2) is 39.0 Å². The third kappa shape index (κ3) is 5.08. The lowest BCUT2D eigenvalue weighted by atomic mass is 10.0. The number of hydrogen-bond acceptors (Lipinski definition) is 9. The van der Waals surface area contributed by atoms with Crippen molar-refractivity contribution >= 4 is 41.0 Å². The van der Waals surface area contributed by atoms with Crippen molar-refractivity contribution in [2.75, 3.05) is 17.3 Å². The summed E-state index contributed by atoms with van der Waals surface area (Å²) in [4.78, 5) is 22.2. The van der Waals surface area contributed by atoms with Gasteiger partial charge in [0.1, 0.15) is 18.1 Å². The average molecular weight is 527 g/mol. The van der Waals surface area contributed by atoms with Gasteiger partial charge in [0, 0.05) is 19.0 Å². The first-order valence-corrected chi connectivity index (χ1v) is 12.4. The Bertz CT molecular complexity index is 1580. The average Bonchev–Trinajstić information content (AvgIpc) is 3.70. The molecule has 38 heavy (non-hydrogen) atoms. The van der Waals surface area contributed by atoms with Crippen LogP contribution in [0.4, 0.5) is 17.5 Å². The molecule has 5 rings (SSSR count). The summed E-state index contributed by atoms with van der Waals surface area (Å²) in [5.74, 6) is 1.57. The number of carbonyl (C=O) groups is 1. The summed E-state index contributed by atoms with van der Waals surface area (Å²) in [5, 5.41) is 27.3. The second-order valence-corrected chi connectivity index (χ2v) is 9.30. The van der Waals surface area contributed by atoms with Gasteiger partial charge in [-0.15, -0.1) is 5.10 Å². The quantitative estimate of drug-likeness (QED) is 0.295. The van der Waals surface area contributed by atoms with Crippen LogP contribution in [0.3, 0.4) is 0 Å². The molecule has 1 saturated carbocycles. The van der Waals surface area contributed by atoms with Gasteiger partial charge in [-0.3, -0.25) is 0 Å². The molecule has 0 saturated heterocycles. The van der Waals surface area contributed by atoms with Gasteiger partial charge in [-0.1, -0.05) is 23.7 Å². The Morgan fingerprint density at radius 3 is 2.68 bits per heavy atom. The molecule has 0 spiro atoms. The van der Waals surface area contributed by atoms with Crippen LogP contribution in [0.1, 0.15) is 41.6 Å². The van der Waals surface area contributed by atoms with Gasteiger partial charge in [-0.2, -0.15) is 20.0 Å². The summed E-state index contributed by atoms with van der Waals surface area (Å²) < 4.78 is 6.75. The van der Waals surface area contributed by atoms with Crippen molar-refractivity contribution in [3.63, 3.8) is 0 Å². The molecule has 2 aromatic heterocycles. The molecular formula is C27H23ClN8O2. The lowest BCUT2D eigenvalue weighted by molar-refractivity contribution is -0.107. The summed E-state index contributed by atoms with van der Waals surface area (Å²) in [6.45, 7) is 0.584. The predicted octanol–water partition coefficient (Wildman–Crippen LogP) is 4.57. The monoisotopic (exact) mass is 526 g/mol. The Morgan fingerprint density at radius 2 is 2.03 bits per heavy atom. The maximum atomic E-state index is 10.8. The van der Waals surface area contributed by atoms with Crippen molar-refractivity contribution < 1.29 is 9.53 Å². The number of carbonyl (C=O) groups excluding carboxylic acids is 1. The first-order chi connectivity index (χ1) is 18.5. The molecule has 1 aliphatic rings. The van der Waals surface area contributed by atoms with Gasteiger partial charge < -0.3 is 19.7 Å².